The van der Waals surface area contributed by atoms with Gasteiger partial charge >= 0.3 is 0 Å². The Morgan fingerprint density at radius 3 is 2.67 bits per heavy atom. The molecule has 0 fully saturated rings. The number of nitrogens with zero attached hydrogens (tertiary/aromatic N) is 2. The minimum atomic E-state index is 0.0355. The van der Waals surface area contributed by atoms with Crippen LogP contribution in [0.25, 0.3) is 0 Å². The van der Waals surface area contributed by atoms with Crippen LogP contribution in [0, 0.1) is 0 Å². The molecule has 0 amide bonds. The third kappa shape index (κ3) is 1.69. The van der Waals surface area contributed by atoms with Crippen molar-refractivity contribution >= 4 is 15.9 Å². The number of aliphatic hydroxyl groups excluding tert-OH is 1. The average molecular weight is 233 g/mol. The van der Waals surface area contributed by atoms with Crippen molar-refractivity contribution in [1.29, 1.82) is 0 Å². The van der Waals surface area contributed by atoms with Crippen molar-refractivity contribution in [1.82, 2.24) is 9.78 Å². The van der Waals surface area contributed by atoms with Crippen LogP contribution in [0.15, 0.2) is 4.47 Å². The molecule has 0 aliphatic carbocycles. The summed E-state index contributed by atoms with van der Waals surface area (Å²) in [6.07, 6.45) is 2.02. The summed E-state index contributed by atoms with van der Waals surface area (Å²) < 4.78 is 2.67. The van der Waals surface area contributed by atoms with Crippen molar-refractivity contribution in [2.75, 3.05) is 0 Å². The smallest absolute Gasteiger partial charge is 0.0861 e. The summed E-state index contributed by atoms with van der Waals surface area (Å²) in [5.41, 5.74) is 1.88. The van der Waals surface area contributed by atoms with E-state index in [2.05, 4.69) is 28.0 Å². The fourth-order valence-electron chi connectivity index (χ4n) is 1.16. The molecule has 1 heterocycles. The molecule has 0 aromatic carbocycles. The Bertz CT molecular complexity index is 270. The molecule has 1 rings (SSSR count). The van der Waals surface area contributed by atoms with Crippen molar-refractivity contribution < 1.29 is 5.11 Å². The van der Waals surface area contributed by atoms with E-state index in [-0.39, 0.29) is 6.61 Å². The Balaban J connectivity index is 3.00. The van der Waals surface area contributed by atoms with Gasteiger partial charge in [0.15, 0.2) is 0 Å². The van der Waals surface area contributed by atoms with Gasteiger partial charge in [-0.3, -0.25) is 4.68 Å². The van der Waals surface area contributed by atoms with Gasteiger partial charge in [-0.15, -0.1) is 0 Å². The van der Waals surface area contributed by atoms with Crippen LogP contribution in [0.5, 0.6) is 0 Å². The van der Waals surface area contributed by atoms with Crippen molar-refractivity contribution in [3.8, 4) is 0 Å². The molecule has 0 saturated carbocycles. The topological polar surface area (TPSA) is 38.0 Å². The summed E-state index contributed by atoms with van der Waals surface area (Å²) >= 11 is 3.42. The highest BCUT2D eigenvalue weighted by molar-refractivity contribution is 9.10. The first-order valence-electron chi connectivity index (χ1n) is 4.01. The molecule has 0 bridgehead atoms. The Hall–Kier alpha value is -0.350. The van der Waals surface area contributed by atoms with E-state index in [1.807, 2.05) is 7.05 Å². The van der Waals surface area contributed by atoms with Gasteiger partial charge in [0, 0.05) is 7.05 Å². The van der Waals surface area contributed by atoms with E-state index in [1.165, 1.54) is 0 Å². The number of rotatable bonds is 3. The molecule has 0 aliphatic heterocycles. The SMILES string of the molecule is CCCc1nn(C)c(CO)c1Br. The first kappa shape index (κ1) is 9.74. The fourth-order valence-corrected chi connectivity index (χ4v) is 1.82. The number of aryl methyl sites for hydroxylation is 2. The maximum absolute atomic E-state index is 8.99. The van der Waals surface area contributed by atoms with Crippen LogP contribution in [-0.4, -0.2) is 14.9 Å². The lowest BCUT2D eigenvalue weighted by atomic mass is 10.2. The first-order valence-corrected chi connectivity index (χ1v) is 4.81. The molecule has 68 valence electrons. The van der Waals surface area contributed by atoms with E-state index in [1.54, 1.807) is 4.68 Å². The number of hydrogen-bond donors (Lipinski definition) is 1. The number of halogens is 1. The highest BCUT2D eigenvalue weighted by Gasteiger charge is 2.11. The quantitative estimate of drug-likeness (QED) is 0.861. The van der Waals surface area contributed by atoms with Gasteiger partial charge in [-0.2, -0.15) is 5.10 Å². The second-order valence-electron chi connectivity index (χ2n) is 2.74. The molecule has 3 nitrogen and oxygen atoms in total. The second-order valence-corrected chi connectivity index (χ2v) is 3.53. The van der Waals surface area contributed by atoms with Crippen LogP contribution in [0.4, 0.5) is 0 Å². The van der Waals surface area contributed by atoms with Crippen molar-refractivity contribution in [3.63, 3.8) is 0 Å². The van der Waals surface area contributed by atoms with E-state index in [4.69, 9.17) is 5.11 Å². The third-order valence-corrected chi connectivity index (χ3v) is 2.72. The highest BCUT2D eigenvalue weighted by atomic mass is 79.9. The molecular weight excluding hydrogens is 220 g/mol. The molecule has 4 heteroatoms. The monoisotopic (exact) mass is 232 g/mol. The lowest BCUT2D eigenvalue weighted by molar-refractivity contribution is 0.270. The molecular formula is C8H13BrN2O. The van der Waals surface area contributed by atoms with Crippen molar-refractivity contribution in [2.24, 2.45) is 7.05 Å². The van der Waals surface area contributed by atoms with Gasteiger partial charge in [0.1, 0.15) is 0 Å². The van der Waals surface area contributed by atoms with Gasteiger partial charge in [-0.25, -0.2) is 0 Å². The number of hydrogen-bond acceptors (Lipinski definition) is 2. The zero-order valence-corrected chi connectivity index (χ0v) is 8.93. The van der Waals surface area contributed by atoms with Gasteiger partial charge in [0.25, 0.3) is 0 Å². The molecule has 1 N–H and O–H groups in total. The lowest BCUT2D eigenvalue weighted by Crippen LogP contribution is -1.97. The van der Waals surface area contributed by atoms with E-state index in [0.717, 1.165) is 28.7 Å². The highest BCUT2D eigenvalue weighted by Crippen LogP contribution is 2.21. The summed E-state index contributed by atoms with van der Waals surface area (Å²) in [6.45, 7) is 2.15. The summed E-state index contributed by atoms with van der Waals surface area (Å²) in [7, 11) is 1.84. The van der Waals surface area contributed by atoms with Gasteiger partial charge in [-0.05, 0) is 22.4 Å². The van der Waals surface area contributed by atoms with Crippen LogP contribution >= 0.6 is 15.9 Å². The molecule has 0 unspecified atom stereocenters. The molecule has 1 aromatic heterocycles. The molecule has 0 spiro atoms. The minimum absolute atomic E-state index is 0.0355. The maximum Gasteiger partial charge on any atom is 0.0861 e. The molecule has 0 aliphatic rings. The van der Waals surface area contributed by atoms with Gasteiger partial charge in [0.2, 0.25) is 0 Å². The van der Waals surface area contributed by atoms with Gasteiger partial charge < -0.3 is 5.11 Å². The Morgan fingerprint density at radius 1 is 1.58 bits per heavy atom. The Morgan fingerprint density at radius 2 is 2.25 bits per heavy atom. The molecule has 1 aromatic rings. The Labute approximate surface area is 80.5 Å². The van der Waals surface area contributed by atoms with Crippen molar-refractivity contribution in [3.05, 3.63) is 15.9 Å². The van der Waals surface area contributed by atoms with E-state index >= 15 is 0 Å². The van der Waals surface area contributed by atoms with Crippen LogP contribution in [-0.2, 0) is 20.1 Å². The van der Waals surface area contributed by atoms with E-state index < -0.39 is 0 Å². The maximum atomic E-state index is 8.99. The van der Waals surface area contributed by atoms with Crippen LogP contribution in [0.3, 0.4) is 0 Å². The molecule has 0 radical (unpaired) electrons. The lowest BCUT2D eigenvalue weighted by Gasteiger charge is -1.95. The standard InChI is InChI=1S/C8H13BrN2O/c1-3-4-6-8(9)7(5-12)11(2)10-6/h12H,3-5H2,1-2H3. The summed E-state index contributed by atoms with van der Waals surface area (Å²) in [5, 5.41) is 13.3. The number of aliphatic hydroxyl groups is 1. The second kappa shape index (κ2) is 4.05. The normalized spacial score (nSPS) is 10.7. The summed E-state index contributed by atoms with van der Waals surface area (Å²) in [6, 6.07) is 0. The van der Waals surface area contributed by atoms with Gasteiger partial charge in [0.05, 0.1) is 22.5 Å². The zero-order chi connectivity index (χ0) is 9.14. The Kier molecular flexibility index (Phi) is 3.29. The average Bonchev–Trinajstić information content (AvgIpc) is 2.29. The molecule has 0 atom stereocenters. The predicted molar refractivity (Wildman–Crippen MR) is 50.8 cm³/mol. The van der Waals surface area contributed by atoms with E-state index in [9.17, 15) is 0 Å². The minimum Gasteiger partial charge on any atom is -0.390 e. The molecule has 0 saturated heterocycles. The largest absolute Gasteiger partial charge is 0.390 e. The fraction of sp³-hybridized carbons (Fsp3) is 0.625. The van der Waals surface area contributed by atoms with E-state index in [0.29, 0.717) is 0 Å². The van der Waals surface area contributed by atoms with Crippen molar-refractivity contribution in [2.45, 2.75) is 26.4 Å². The zero-order valence-electron chi connectivity index (χ0n) is 7.34. The van der Waals surface area contributed by atoms with Crippen LogP contribution < -0.4 is 0 Å². The summed E-state index contributed by atoms with van der Waals surface area (Å²) in [5.74, 6) is 0. The van der Waals surface area contributed by atoms with Crippen LogP contribution in [0.2, 0.25) is 0 Å². The third-order valence-electron chi connectivity index (χ3n) is 1.80. The predicted octanol–water partition coefficient (Wildman–Crippen LogP) is 1.63. The van der Waals surface area contributed by atoms with Gasteiger partial charge in [-0.1, -0.05) is 13.3 Å². The first-order chi connectivity index (χ1) is 5.70. The number of aromatic nitrogens is 2. The van der Waals surface area contributed by atoms with Crippen LogP contribution in [0.1, 0.15) is 24.7 Å². The summed E-state index contributed by atoms with van der Waals surface area (Å²) in [4.78, 5) is 0. The molecule has 12 heavy (non-hydrogen) atoms.